The average Bonchev–Trinajstić information content (AvgIpc) is 2.15. The highest BCUT2D eigenvalue weighted by molar-refractivity contribution is 5.27. The standard InChI is InChI=1S/C11H13F3/c1-3-8(2)9-5-4-6-10(7-9)11(12,13)14/h4-8H,3H2,1-2H3. The average molecular weight is 202 g/mol. The Kier molecular flexibility index (Phi) is 3.19. The highest BCUT2D eigenvalue weighted by atomic mass is 19.4. The Morgan fingerprint density at radius 1 is 1.29 bits per heavy atom. The minimum atomic E-state index is -4.23. The first-order chi connectivity index (χ1) is 6.45. The molecule has 0 fully saturated rings. The van der Waals surface area contributed by atoms with Gasteiger partial charge in [0, 0.05) is 0 Å². The molecule has 1 rings (SSSR count). The van der Waals surface area contributed by atoms with Crippen molar-refractivity contribution in [3.05, 3.63) is 35.4 Å². The second kappa shape index (κ2) is 4.03. The lowest BCUT2D eigenvalue weighted by Gasteiger charge is -2.12. The van der Waals surface area contributed by atoms with E-state index in [0.717, 1.165) is 18.1 Å². The van der Waals surface area contributed by atoms with E-state index >= 15 is 0 Å². The van der Waals surface area contributed by atoms with Crippen LogP contribution in [0.4, 0.5) is 13.2 Å². The maximum Gasteiger partial charge on any atom is 0.416 e. The van der Waals surface area contributed by atoms with E-state index in [1.54, 1.807) is 6.07 Å². The largest absolute Gasteiger partial charge is 0.416 e. The van der Waals surface area contributed by atoms with Gasteiger partial charge in [-0.25, -0.2) is 0 Å². The van der Waals surface area contributed by atoms with Gasteiger partial charge < -0.3 is 0 Å². The van der Waals surface area contributed by atoms with Crippen molar-refractivity contribution in [2.45, 2.75) is 32.4 Å². The fourth-order valence-corrected chi connectivity index (χ4v) is 1.26. The van der Waals surface area contributed by atoms with Gasteiger partial charge in [0.25, 0.3) is 0 Å². The minimum absolute atomic E-state index is 0.178. The van der Waals surface area contributed by atoms with Crippen molar-refractivity contribution in [3.63, 3.8) is 0 Å². The van der Waals surface area contributed by atoms with E-state index in [4.69, 9.17) is 0 Å². The molecule has 0 amide bonds. The maximum absolute atomic E-state index is 12.3. The van der Waals surface area contributed by atoms with Crippen molar-refractivity contribution in [1.29, 1.82) is 0 Å². The fraction of sp³-hybridized carbons (Fsp3) is 0.455. The van der Waals surface area contributed by atoms with Crippen LogP contribution in [0, 0.1) is 0 Å². The molecule has 1 unspecified atom stereocenters. The van der Waals surface area contributed by atoms with E-state index in [2.05, 4.69) is 0 Å². The van der Waals surface area contributed by atoms with Gasteiger partial charge in [0.15, 0.2) is 0 Å². The molecule has 0 aliphatic carbocycles. The Bertz CT molecular complexity index is 302. The molecule has 0 N–H and O–H groups in total. The first-order valence-electron chi connectivity index (χ1n) is 4.62. The Labute approximate surface area is 81.8 Å². The highest BCUT2D eigenvalue weighted by Crippen LogP contribution is 2.31. The summed E-state index contributed by atoms with van der Waals surface area (Å²) in [6, 6.07) is 5.54. The van der Waals surface area contributed by atoms with Crippen LogP contribution in [-0.4, -0.2) is 0 Å². The van der Waals surface area contributed by atoms with Gasteiger partial charge in [0.2, 0.25) is 0 Å². The molecule has 0 heterocycles. The van der Waals surface area contributed by atoms with E-state index in [1.165, 1.54) is 12.1 Å². The van der Waals surface area contributed by atoms with Crippen LogP contribution in [0.3, 0.4) is 0 Å². The number of alkyl halides is 3. The summed E-state index contributed by atoms with van der Waals surface area (Å²) in [5.41, 5.74) is 0.192. The van der Waals surface area contributed by atoms with E-state index in [1.807, 2.05) is 13.8 Å². The summed E-state index contributed by atoms with van der Waals surface area (Å²) in [4.78, 5) is 0. The molecule has 0 aliphatic rings. The summed E-state index contributed by atoms with van der Waals surface area (Å²) < 4.78 is 37.0. The molecule has 1 aromatic carbocycles. The SMILES string of the molecule is CCC(C)c1cccc(C(F)(F)F)c1. The van der Waals surface area contributed by atoms with Gasteiger partial charge in [-0.1, -0.05) is 32.0 Å². The smallest absolute Gasteiger partial charge is 0.166 e. The van der Waals surface area contributed by atoms with Crippen LogP contribution >= 0.6 is 0 Å². The lowest BCUT2D eigenvalue weighted by atomic mass is 9.97. The van der Waals surface area contributed by atoms with Crippen molar-refractivity contribution >= 4 is 0 Å². The zero-order valence-corrected chi connectivity index (χ0v) is 8.23. The molecular weight excluding hydrogens is 189 g/mol. The van der Waals surface area contributed by atoms with Crippen LogP contribution in [-0.2, 0) is 6.18 Å². The van der Waals surface area contributed by atoms with E-state index in [-0.39, 0.29) is 5.92 Å². The van der Waals surface area contributed by atoms with Crippen molar-refractivity contribution in [1.82, 2.24) is 0 Å². The molecule has 1 atom stereocenters. The second-order valence-electron chi connectivity index (χ2n) is 3.43. The Morgan fingerprint density at radius 3 is 2.43 bits per heavy atom. The van der Waals surface area contributed by atoms with Gasteiger partial charge in [-0.15, -0.1) is 0 Å². The van der Waals surface area contributed by atoms with Crippen LogP contribution in [0.5, 0.6) is 0 Å². The van der Waals surface area contributed by atoms with E-state index in [9.17, 15) is 13.2 Å². The molecule has 0 bridgehead atoms. The second-order valence-corrected chi connectivity index (χ2v) is 3.43. The van der Waals surface area contributed by atoms with Crippen molar-refractivity contribution in [3.8, 4) is 0 Å². The molecule has 0 spiro atoms. The van der Waals surface area contributed by atoms with Gasteiger partial charge in [-0.3, -0.25) is 0 Å². The third kappa shape index (κ3) is 2.50. The molecule has 0 radical (unpaired) electrons. The van der Waals surface area contributed by atoms with E-state index in [0.29, 0.717) is 0 Å². The first-order valence-corrected chi connectivity index (χ1v) is 4.62. The van der Waals surface area contributed by atoms with Gasteiger partial charge in [0.1, 0.15) is 0 Å². The summed E-state index contributed by atoms with van der Waals surface area (Å²) >= 11 is 0. The lowest BCUT2D eigenvalue weighted by molar-refractivity contribution is -0.137. The summed E-state index contributed by atoms with van der Waals surface area (Å²) in [6.45, 7) is 3.89. The molecule has 0 aromatic heterocycles. The molecule has 14 heavy (non-hydrogen) atoms. The molecule has 0 saturated heterocycles. The van der Waals surface area contributed by atoms with Gasteiger partial charge in [0.05, 0.1) is 5.56 Å². The number of halogens is 3. The summed E-state index contributed by atoms with van der Waals surface area (Å²) in [7, 11) is 0. The normalized spacial score (nSPS) is 14.1. The molecule has 3 heteroatoms. The van der Waals surface area contributed by atoms with Crippen LogP contribution in [0.1, 0.15) is 37.3 Å². The molecule has 0 nitrogen and oxygen atoms in total. The summed E-state index contributed by atoms with van der Waals surface area (Å²) in [5.74, 6) is 0.178. The molecule has 0 saturated carbocycles. The molecule has 78 valence electrons. The molecule has 1 aromatic rings. The topological polar surface area (TPSA) is 0 Å². The highest BCUT2D eigenvalue weighted by Gasteiger charge is 2.30. The molecular formula is C11H13F3. The van der Waals surface area contributed by atoms with Crippen LogP contribution in [0.2, 0.25) is 0 Å². The number of rotatable bonds is 2. The predicted molar refractivity (Wildman–Crippen MR) is 50.2 cm³/mol. The van der Waals surface area contributed by atoms with Gasteiger partial charge >= 0.3 is 6.18 Å². The number of hydrogen-bond acceptors (Lipinski definition) is 0. The minimum Gasteiger partial charge on any atom is -0.166 e. The first kappa shape index (κ1) is 11.1. The fourth-order valence-electron chi connectivity index (χ4n) is 1.26. The van der Waals surface area contributed by atoms with Crippen LogP contribution in [0.15, 0.2) is 24.3 Å². The maximum atomic E-state index is 12.3. The van der Waals surface area contributed by atoms with Crippen LogP contribution in [0.25, 0.3) is 0 Å². The zero-order valence-electron chi connectivity index (χ0n) is 8.23. The third-order valence-corrected chi connectivity index (χ3v) is 2.40. The van der Waals surface area contributed by atoms with Crippen LogP contribution < -0.4 is 0 Å². The Morgan fingerprint density at radius 2 is 1.93 bits per heavy atom. The van der Waals surface area contributed by atoms with Gasteiger partial charge in [-0.05, 0) is 24.0 Å². The quantitative estimate of drug-likeness (QED) is 0.673. The molecule has 0 aliphatic heterocycles. The summed E-state index contributed by atoms with van der Waals surface area (Å²) in [5, 5.41) is 0. The Balaban J connectivity index is 3.01. The van der Waals surface area contributed by atoms with Crippen molar-refractivity contribution in [2.24, 2.45) is 0 Å². The predicted octanol–water partition coefficient (Wildman–Crippen LogP) is 4.22. The zero-order chi connectivity index (χ0) is 10.8. The number of benzene rings is 1. The third-order valence-electron chi connectivity index (χ3n) is 2.40. The Hall–Kier alpha value is -0.990. The van der Waals surface area contributed by atoms with E-state index < -0.39 is 11.7 Å². The summed E-state index contributed by atoms with van der Waals surface area (Å²) in [6.07, 6.45) is -3.38. The van der Waals surface area contributed by atoms with Crippen molar-refractivity contribution < 1.29 is 13.2 Å². The van der Waals surface area contributed by atoms with Gasteiger partial charge in [-0.2, -0.15) is 13.2 Å². The van der Waals surface area contributed by atoms with Crippen molar-refractivity contribution in [2.75, 3.05) is 0 Å². The monoisotopic (exact) mass is 202 g/mol. The lowest BCUT2D eigenvalue weighted by Crippen LogP contribution is -2.05. The number of hydrogen-bond donors (Lipinski definition) is 0.